The average Bonchev–Trinajstić information content (AvgIpc) is 3.30. The number of hydrogen-bond acceptors (Lipinski definition) is 6. The van der Waals surface area contributed by atoms with Crippen molar-refractivity contribution < 1.29 is 23.9 Å². The third kappa shape index (κ3) is 7.64. The van der Waals surface area contributed by atoms with E-state index in [2.05, 4.69) is 26.6 Å². The van der Waals surface area contributed by atoms with Gasteiger partial charge in [-0.25, -0.2) is 4.90 Å². The molecule has 0 saturated carbocycles. The van der Waals surface area contributed by atoms with Crippen LogP contribution in [0, 0.1) is 0 Å². The Morgan fingerprint density at radius 1 is 0.955 bits per heavy atom. The molecule has 1 atom stereocenters. The quantitative estimate of drug-likeness (QED) is 0.144. The van der Waals surface area contributed by atoms with Gasteiger partial charge in [0.1, 0.15) is 11.4 Å². The van der Waals surface area contributed by atoms with Crippen LogP contribution < -0.4 is 20.3 Å². The summed E-state index contributed by atoms with van der Waals surface area (Å²) in [6, 6.07) is 29.8. The first-order chi connectivity index (χ1) is 21.3. The van der Waals surface area contributed by atoms with Crippen LogP contribution in [-0.2, 0) is 14.4 Å². The van der Waals surface area contributed by atoms with Gasteiger partial charge in [-0.05, 0) is 91.4 Å². The van der Waals surface area contributed by atoms with Crippen molar-refractivity contribution in [2.45, 2.75) is 23.5 Å². The fourth-order valence-electron chi connectivity index (χ4n) is 4.51. The topological polar surface area (TPSA) is 105 Å². The van der Waals surface area contributed by atoms with Crippen LogP contribution in [0.1, 0.15) is 29.3 Å². The molecule has 1 fully saturated rings. The zero-order chi connectivity index (χ0) is 31.1. The molecular weight excluding hydrogens is 642 g/mol. The molecule has 8 nitrogen and oxygen atoms in total. The Bertz CT molecular complexity index is 1710. The number of thioether (sulfide) groups is 1. The maximum Gasteiger partial charge on any atom is 0.272 e. The Kier molecular flexibility index (Phi) is 9.93. The summed E-state index contributed by atoms with van der Waals surface area (Å²) in [4.78, 5) is 54.1. The van der Waals surface area contributed by atoms with Gasteiger partial charge < -0.3 is 15.4 Å². The molecule has 4 aromatic rings. The van der Waals surface area contributed by atoms with E-state index in [4.69, 9.17) is 4.74 Å². The first-order valence-electron chi connectivity index (χ1n) is 13.8. The van der Waals surface area contributed by atoms with E-state index in [9.17, 15) is 19.2 Å². The molecular formula is C34H28BrN3O5S. The number of anilines is 2. The molecule has 5 rings (SSSR count). The van der Waals surface area contributed by atoms with Crippen molar-refractivity contribution in [3.8, 4) is 5.75 Å². The summed E-state index contributed by atoms with van der Waals surface area (Å²) < 4.78 is 6.28. The third-order valence-electron chi connectivity index (χ3n) is 6.59. The number of amides is 4. The molecule has 4 amide bonds. The zero-order valence-electron chi connectivity index (χ0n) is 23.7. The summed E-state index contributed by atoms with van der Waals surface area (Å²) >= 11 is 4.73. The van der Waals surface area contributed by atoms with Crippen LogP contribution in [0.4, 0.5) is 11.4 Å². The molecule has 44 heavy (non-hydrogen) atoms. The molecule has 0 aliphatic carbocycles. The summed E-state index contributed by atoms with van der Waals surface area (Å²) in [6.07, 6.45) is 1.68. The molecule has 1 aliphatic rings. The summed E-state index contributed by atoms with van der Waals surface area (Å²) in [5.74, 6) is -0.787. The van der Waals surface area contributed by atoms with Crippen molar-refractivity contribution in [1.82, 2.24) is 5.32 Å². The number of benzene rings is 4. The van der Waals surface area contributed by atoms with Crippen LogP contribution in [0.3, 0.4) is 0 Å². The first-order valence-corrected chi connectivity index (χ1v) is 15.5. The first kappa shape index (κ1) is 30.8. The third-order valence-corrected chi connectivity index (χ3v) is 8.28. The highest BCUT2D eigenvalue weighted by Gasteiger charge is 2.40. The monoisotopic (exact) mass is 669 g/mol. The normalized spacial score (nSPS) is 14.8. The lowest BCUT2D eigenvalue weighted by Crippen LogP contribution is -2.31. The molecule has 10 heteroatoms. The van der Waals surface area contributed by atoms with Gasteiger partial charge in [0, 0.05) is 27.0 Å². The molecule has 0 bridgehead atoms. The Hall–Kier alpha value is -4.67. The highest BCUT2D eigenvalue weighted by Crippen LogP contribution is 2.35. The number of ether oxygens (including phenoxy) is 1. The van der Waals surface area contributed by atoms with Crippen LogP contribution in [0.25, 0.3) is 6.08 Å². The van der Waals surface area contributed by atoms with E-state index >= 15 is 0 Å². The summed E-state index contributed by atoms with van der Waals surface area (Å²) in [5, 5.41) is 4.99. The number of hydrogen-bond donors (Lipinski definition) is 2. The zero-order valence-corrected chi connectivity index (χ0v) is 26.1. The molecule has 2 N–H and O–H groups in total. The largest absolute Gasteiger partial charge is 0.494 e. The van der Waals surface area contributed by atoms with Crippen molar-refractivity contribution in [3.05, 3.63) is 124 Å². The van der Waals surface area contributed by atoms with Crippen LogP contribution in [0.5, 0.6) is 5.75 Å². The molecule has 0 spiro atoms. The number of rotatable bonds is 10. The fourth-order valence-corrected chi connectivity index (χ4v) is 5.98. The van der Waals surface area contributed by atoms with E-state index in [1.807, 2.05) is 37.3 Å². The fraction of sp³-hybridized carbons (Fsp3) is 0.118. The number of nitrogens with one attached hydrogen (secondary N) is 2. The SMILES string of the molecule is CCOc1ccc(N2C(=O)CC(Sc3ccc(NC(=O)/C(=C/c4cccc(Br)c4)NC(=O)c4ccccc4)cc3)C2=O)cc1. The average molecular weight is 671 g/mol. The minimum Gasteiger partial charge on any atom is -0.494 e. The summed E-state index contributed by atoms with van der Waals surface area (Å²) in [6.45, 7) is 2.41. The van der Waals surface area contributed by atoms with Gasteiger partial charge in [0.05, 0.1) is 17.5 Å². The lowest BCUT2D eigenvalue weighted by atomic mass is 10.1. The highest BCUT2D eigenvalue weighted by molar-refractivity contribution is 9.10. The van der Waals surface area contributed by atoms with Crippen molar-refractivity contribution in [3.63, 3.8) is 0 Å². The summed E-state index contributed by atoms with van der Waals surface area (Å²) in [5.41, 5.74) is 2.22. The van der Waals surface area contributed by atoms with Gasteiger partial charge in [0.2, 0.25) is 11.8 Å². The second-order valence-electron chi connectivity index (χ2n) is 9.72. The van der Waals surface area contributed by atoms with Gasteiger partial charge in [0.15, 0.2) is 0 Å². The minimum atomic E-state index is -0.567. The van der Waals surface area contributed by atoms with Gasteiger partial charge >= 0.3 is 0 Å². The second-order valence-corrected chi connectivity index (χ2v) is 11.9. The minimum absolute atomic E-state index is 0.0693. The number of carbonyl (C=O) groups is 4. The second kappa shape index (κ2) is 14.2. The van der Waals surface area contributed by atoms with Crippen molar-refractivity contribution in [2.75, 3.05) is 16.8 Å². The molecule has 1 heterocycles. The molecule has 1 unspecified atom stereocenters. The van der Waals surface area contributed by atoms with Crippen LogP contribution in [0.2, 0.25) is 0 Å². The Morgan fingerprint density at radius 2 is 1.68 bits per heavy atom. The van der Waals surface area contributed by atoms with Crippen molar-refractivity contribution in [2.24, 2.45) is 0 Å². The van der Waals surface area contributed by atoms with E-state index < -0.39 is 17.1 Å². The van der Waals surface area contributed by atoms with Gasteiger partial charge in [-0.1, -0.05) is 46.3 Å². The molecule has 1 aliphatic heterocycles. The predicted molar refractivity (Wildman–Crippen MR) is 175 cm³/mol. The number of imide groups is 1. The van der Waals surface area contributed by atoms with Crippen LogP contribution in [-0.4, -0.2) is 35.5 Å². The van der Waals surface area contributed by atoms with Gasteiger partial charge in [-0.15, -0.1) is 11.8 Å². The van der Waals surface area contributed by atoms with E-state index in [-0.39, 0.29) is 23.9 Å². The van der Waals surface area contributed by atoms with Gasteiger partial charge in [-0.2, -0.15) is 0 Å². The maximum absolute atomic E-state index is 13.3. The van der Waals surface area contributed by atoms with E-state index in [1.165, 1.54) is 16.7 Å². The lowest BCUT2D eigenvalue weighted by molar-refractivity contribution is -0.121. The van der Waals surface area contributed by atoms with Crippen LogP contribution >= 0.6 is 27.7 Å². The predicted octanol–water partition coefficient (Wildman–Crippen LogP) is 6.68. The standard InChI is InChI=1S/C34H28BrN3O5S/c1-2-43-27-15-13-26(14-16-27)38-31(39)21-30(34(38)42)44-28-17-11-25(12-18-28)36-33(41)29(20-22-7-6-10-24(35)19-22)37-32(40)23-8-4-3-5-9-23/h3-20,30H,2,21H2,1H3,(H,36,41)(H,37,40)/b29-20-. The number of halogens is 1. The van der Waals surface area contributed by atoms with Crippen LogP contribution in [0.15, 0.2) is 118 Å². The lowest BCUT2D eigenvalue weighted by Gasteiger charge is -2.15. The number of carbonyl (C=O) groups excluding carboxylic acids is 4. The highest BCUT2D eigenvalue weighted by atomic mass is 79.9. The van der Waals surface area contributed by atoms with Crippen molar-refractivity contribution in [1.29, 1.82) is 0 Å². The summed E-state index contributed by atoms with van der Waals surface area (Å²) in [7, 11) is 0. The molecule has 0 aromatic heterocycles. The van der Waals surface area contributed by atoms with E-state index in [0.29, 0.717) is 29.3 Å². The van der Waals surface area contributed by atoms with E-state index in [0.717, 1.165) is 14.9 Å². The molecule has 222 valence electrons. The molecule has 1 saturated heterocycles. The smallest absolute Gasteiger partial charge is 0.272 e. The van der Waals surface area contributed by atoms with E-state index in [1.54, 1.807) is 78.9 Å². The van der Waals surface area contributed by atoms with Gasteiger partial charge in [0.25, 0.3) is 11.8 Å². The number of nitrogens with zero attached hydrogens (tertiary/aromatic N) is 1. The molecule has 4 aromatic carbocycles. The Morgan fingerprint density at radius 3 is 2.36 bits per heavy atom. The Balaban J connectivity index is 1.26. The Labute approximate surface area is 267 Å². The van der Waals surface area contributed by atoms with Gasteiger partial charge in [-0.3, -0.25) is 19.2 Å². The molecule has 0 radical (unpaired) electrons. The van der Waals surface area contributed by atoms with Crippen molar-refractivity contribution >= 4 is 68.8 Å². The maximum atomic E-state index is 13.3.